The van der Waals surface area contributed by atoms with Crippen LogP contribution in [0.15, 0.2) is 87.4 Å². The number of benzene rings is 1. The Balaban J connectivity index is 1.69. The largest absolute Gasteiger partial charge is 0.496 e. The summed E-state index contributed by atoms with van der Waals surface area (Å²) in [5.74, 6) is 0.489. The molecule has 1 aliphatic rings. The quantitative estimate of drug-likeness (QED) is 0.162. The summed E-state index contributed by atoms with van der Waals surface area (Å²) < 4.78 is 20.6. The number of hydrogen-bond acceptors (Lipinski definition) is 10. The summed E-state index contributed by atoms with van der Waals surface area (Å²) in [6.45, 7) is 3.95. The van der Waals surface area contributed by atoms with Gasteiger partial charge in [0, 0.05) is 28.5 Å². The number of allylic oxidation sites excluding steroid dienone is 1. The minimum absolute atomic E-state index is 0.191. The van der Waals surface area contributed by atoms with Gasteiger partial charge in [0.2, 0.25) is 0 Å². The van der Waals surface area contributed by atoms with Crippen molar-refractivity contribution in [1.82, 2.24) is 14.5 Å². The third kappa shape index (κ3) is 6.13. The molecular formula is C28H24Br2N4O5S2. The van der Waals surface area contributed by atoms with Gasteiger partial charge in [0.25, 0.3) is 5.56 Å². The summed E-state index contributed by atoms with van der Waals surface area (Å²) >= 11 is 9.56. The van der Waals surface area contributed by atoms with Gasteiger partial charge in [-0.1, -0.05) is 40.6 Å². The van der Waals surface area contributed by atoms with Crippen molar-refractivity contribution in [2.45, 2.75) is 43.0 Å². The second-order valence-electron chi connectivity index (χ2n) is 8.72. The first-order chi connectivity index (χ1) is 19.8. The van der Waals surface area contributed by atoms with Crippen molar-refractivity contribution in [3.05, 3.63) is 94.0 Å². The molecule has 4 aromatic rings. The number of esters is 1. The molecule has 0 fully saturated rings. The van der Waals surface area contributed by atoms with Gasteiger partial charge in [-0.05, 0) is 71.4 Å². The molecule has 1 aromatic carbocycles. The number of thiazole rings is 1. The van der Waals surface area contributed by atoms with Crippen molar-refractivity contribution in [3.8, 4) is 5.75 Å². The molecule has 0 spiro atoms. The molecule has 5 rings (SSSR count). The number of carbonyl (C=O) groups excluding carboxylic acids is 1. The van der Waals surface area contributed by atoms with Crippen LogP contribution in [0, 0.1) is 0 Å². The third-order valence-corrected chi connectivity index (χ3v) is 9.26. The van der Waals surface area contributed by atoms with Gasteiger partial charge in [-0.3, -0.25) is 9.36 Å². The molecule has 13 heteroatoms. The Bertz CT molecular complexity index is 1810. The zero-order valence-corrected chi connectivity index (χ0v) is 27.0. The van der Waals surface area contributed by atoms with E-state index in [9.17, 15) is 9.59 Å². The van der Waals surface area contributed by atoms with E-state index in [1.165, 1.54) is 27.7 Å². The molecule has 3 aromatic heterocycles. The van der Waals surface area contributed by atoms with Crippen molar-refractivity contribution < 1.29 is 18.7 Å². The van der Waals surface area contributed by atoms with E-state index >= 15 is 0 Å². The Hall–Kier alpha value is -3.00. The molecule has 0 saturated heterocycles. The molecular weight excluding hydrogens is 696 g/mol. The van der Waals surface area contributed by atoms with E-state index < -0.39 is 12.0 Å². The maximum Gasteiger partial charge on any atom is 0.338 e. The van der Waals surface area contributed by atoms with Gasteiger partial charge in [-0.2, -0.15) is 0 Å². The van der Waals surface area contributed by atoms with Crippen LogP contribution in [0.1, 0.15) is 44.1 Å². The first-order valence-electron chi connectivity index (χ1n) is 12.6. The molecule has 212 valence electrons. The lowest BCUT2D eigenvalue weighted by molar-refractivity contribution is -0.139. The average Bonchev–Trinajstić information content (AvgIpc) is 3.46. The van der Waals surface area contributed by atoms with Gasteiger partial charge in [-0.25, -0.2) is 19.8 Å². The maximum absolute atomic E-state index is 14.0. The highest BCUT2D eigenvalue weighted by molar-refractivity contribution is 9.10. The predicted molar refractivity (Wildman–Crippen MR) is 163 cm³/mol. The predicted octanol–water partition coefficient (Wildman–Crippen LogP) is 5.65. The first kappa shape index (κ1) is 29.5. The van der Waals surface area contributed by atoms with Crippen LogP contribution >= 0.6 is 55.0 Å². The maximum atomic E-state index is 14.0. The number of nitrogens with zero attached hydrogens (tertiary/aromatic N) is 4. The summed E-state index contributed by atoms with van der Waals surface area (Å²) in [7, 11) is 1.56. The molecule has 0 unspecified atom stereocenters. The lowest BCUT2D eigenvalue weighted by Crippen LogP contribution is -2.40. The van der Waals surface area contributed by atoms with Gasteiger partial charge < -0.3 is 13.9 Å². The number of fused-ring (bicyclic) bond motifs is 1. The fourth-order valence-electron chi connectivity index (χ4n) is 4.39. The molecule has 1 aliphatic heterocycles. The standard InChI is InChI=1S/C28H24Br2N4O5S2/c1-4-7-19-22(25(36)38-5-2)23(17-12-15(29)8-9-20(17)37-3)34-24(35)21(40-28(34)33-19)14-16-13-18(30)26(39-16)41-27-31-10-6-11-32-27/h6,8-14,23H,4-5,7H2,1-3H3/b21-14-/t23-/m1/s1. The number of hydrogen-bond donors (Lipinski definition) is 0. The lowest BCUT2D eigenvalue weighted by atomic mass is 9.93. The average molecular weight is 720 g/mol. The third-order valence-electron chi connectivity index (χ3n) is 6.05. The number of methoxy groups -OCH3 is 1. The second-order valence-corrected chi connectivity index (χ2v) is 12.4. The Morgan fingerprint density at radius 3 is 2.71 bits per heavy atom. The van der Waals surface area contributed by atoms with Crippen LogP contribution in [0.5, 0.6) is 5.75 Å². The number of carbonyl (C=O) groups is 1. The van der Waals surface area contributed by atoms with Crippen molar-refractivity contribution in [2.24, 2.45) is 4.99 Å². The molecule has 1 atom stereocenters. The van der Waals surface area contributed by atoms with E-state index in [1.807, 2.05) is 19.1 Å². The van der Waals surface area contributed by atoms with Gasteiger partial charge in [0.1, 0.15) is 17.6 Å². The Morgan fingerprint density at radius 2 is 2.00 bits per heavy atom. The van der Waals surface area contributed by atoms with Crippen LogP contribution in [0.4, 0.5) is 0 Å². The Morgan fingerprint density at radius 1 is 1.22 bits per heavy atom. The van der Waals surface area contributed by atoms with Gasteiger partial charge in [0.15, 0.2) is 15.1 Å². The Kier molecular flexibility index (Phi) is 9.27. The van der Waals surface area contributed by atoms with Crippen LogP contribution in [0.2, 0.25) is 0 Å². The van der Waals surface area contributed by atoms with Crippen molar-refractivity contribution in [1.29, 1.82) is 0 Å². The highest BCUT2D eigenvalue weighted by atomic mass is 79.9. The first-order valence-corrected chi connectivity index (χ1v) is 15.9. The van der Waals surface area contributed by atoms with Crippen LogP contribution in [-0.4, -0.2) is 34.2 Å². The van der Waals surface area contributed by atoms with Crippen LogP contribution < -0.4 is 19.6 Å². The smallest absolute Gasteiger partial charge is 0.338 e. The minimum atomic E-state index is -0.800. The van der Waals surface area contributed by atoms with E-state index in [4.69, 9.17) is 18.9 Å². The van der Waals surface area contributed by atoms with Crippen LogP contribution in [-0.2, 0) is 9.53 Å². The monoisotopic (exact) mass is 718 g/mol. The van der Waals surface area contributed by atoms with Crippen LogP contribution in [0.25, 0.3) is 6.08 Å². The fourth-order valence-corrected chi connectivity index (χ4v) is 7.01. The van der Waals surface area contributed by atoms with E-state index in [1.54, 1.807) is 50.7 Å². The fraction of sp³-hybridized carbons (Fsp3) is 0.250. The summed E-state index contributed by atoms with van der Waals surface area (Å²) in [5, 5.41) is 1.09. The van der Waals surface area contributed by atoms with Crippen molar-refractivity contribution >= 4 is 67.0 Å². The minimum Gasteiger partial charge on any atom is -0.496 e. The van der Waals surface area contributed by atoms with E-state index in [-0.39, 0.29) is 12.2 Å². The molecule has 0 aliphatic carbocycles. The summed E-state index contributed by atoms with van der Waals surface area (Å²) in [5.41, 5.74) is 1.24. The normalized spacial score (nSPS) is 15.0. The van der Waals surface area contributed by atoms with E-state index in [0.29, 0.717) is 58.8 Å². The van der Waals surface area contributed by atoms with Gasteiger partial charge in [-0.15, -0.1) is 0 Å². The molecule has 9 nitrogen and oxygen atoms in total. The molecule has 0 saturated carbocycles. The van der Waals surface area contributed by atoms with Gasteiger partial charge >= 0.3 is 5.97 Å². The number of rotatable bonds is 9. The van der Waals surface area contributed by atoms with Gasteiger partial charge in [0.05, 0.1) is 34.0 Å². The zero-order chi connectivity index (χ0) is 29.1. The molecule has 41 heavy (non-hydrogen) atoms. The topological polar surface area (TPSA) is 109 Å². The zero-order valence-electron chi connectivity index (χ0n) is 22.2. The highest BCUT2D eigenvalue weighted by Gasteiger charge is 2.36. The SMILES string of the molecule is CCCC1=C(C(=O)OCC)[C@@H](c2cc(Br)ccc2OC)n2c(s/c(=C\c3cc(Br)c(Sc4ncccn4)o3)c2=O)=N1. The Labute approximate surface area is 260 Å². The summed E-state index contributed by atoms with van der Waals surface area (Å²) in [4.78, 5) is 41.2. The number of furan rings is 1. The van der Waals surface area contributed by atoms with Crippen molar-refractivity contribution in [2.75, 3.05) is 13.7 Å². The molecule has 0 amide bonds. The highest BCUT2D eigenvalue weighted by Crippen LogP contribution is 2.38. The molecule has 0 radical (unpaired) electrons. The lowest BCUT2D eigenvalue weighted by Gasteiger charge is -2.27. The molecule has 4 heterocycles. The summed E-state index contributed by atoms with van der Waals surface area (Å²) in [6, 6.07) is 8.22. The molecule has 0 bridgehead atoms. The summed E-state index contributed by atoms with van der Waals surface area (Å²) in [6.07, 6.45) is 6.28. The van der Waals surface area contributed by atoms with Crippen LogP contribution in [0.3, 0.4) is 0 Å². The van der Waals surface area contributed by atoms with Crippen molar-refractivity contribution in [3.63, 3.8) is 0 Å². The number of halogens is 2. The molecule has 0 N–H and O–H groups in total. The second kappa shape index (κ2) is 12.9. The van der Waals surface area contributed by atoms with E-state index in [2.05, 4.69) is 41.8 Å². The van der Waals surface area contributed by atoms with E-state index in [0.717, 1.165) is 10.9 Å². The number of ether oxygens (including phenoxy) is 2. The number of aromatic nitrogens is 3.